The van der Waals surface area contributed by atoms with Crippen LogP contribution in [0.4, 0.5) is 9.59 Å². The summed E-state index contributed by atoms with van der Waals surface area (Å²) in [5.41, 5.74) is 8.85. The number of hydrogen-bond donors (Lipinski definition) is 5. The Bertz CT molecular complexity index is 175. The second kappa shape index (κ2) is 14.1. The Hall–Kier alpha value is -1.41. The number of amides is 4. The van der Waals surface area contributed by atoms with E-state index in [1.807, 2.05) is 0 Å². The minimum absolute atomic E-state index is 0.731. The third-order valence-corrected chi connectivity index (χ3v) is 0.312. The van der Waals surface area contributed by atoms with E-state index in [-0.39, 0.29) is 0 Å². The zero-order valence-corrected chi connectivity index (χ0v) is 7.96. The summed E-state index contributed by atoms with van der Waals surface area (Å²) in [6.07, 6.45) is 0. The Labute approximate surface area is 80.8 Å². The van der Waals surface area contributed by atoms with Crippen molar-refractivity contribution in [2.24, 2.45) is 21.5 Å². The minimum Gasteiger partial charge on any atom is -0.350 e. The van der Waals surface area contributed by atoms with Crippen LogP contribution in [0.25, 0.3) is 0 Å². The summed E-state index contributed by atoms with van der Waals surface area (Å²) in [5.74, 6) is 0. The van der Waals surface area contributed by atoms with Crippen LogP contribution in [0.5, 0.6) is 0 Å². The Balaban J connectivity index is -0.000000131. The highest BCUT2D eigenvalue weighted by Gasteiger charge is 1.76. The molecule has 0 aliphatic rings. The molecule has 0 spiro atoms. The van der Waals surface area contributed by atoms with Crippen molar-refractivity contribution in [1.29, 1.82) is 0 Å². The largest absolute Gasteiger partial charge is 0.350 e. The Morgan fingerprint density at radius 1 is 1.00 bits per heavy atom. The summed E-state index contributed by atoms with van der Waals surface area (Å²) in [6.45, 7) is 5.67. The molecule has 0 radical (unpaired) electrons. The summed E-state index contributed by atoms with van der Waals surface area (Å²) in [7, 11) is -2.62. The number of carbonyl (C=O) groups is 2. The van der Waals surface area contributed by atoms with E-state index in [0.717, 1.165) is 0 Å². The quantitative estimate of drug-likeness (QED) is 0.255. The van der Waals surface area contributed by atoms with Crippen molar-refractivity contribution >= 4 is 34.1 Å². The highest BCUT2D eigenvalue weighted by molar-refractivity contribution is 7.38. The lowest BCUT2D eigenvalue weighted by Crippen LogP contribution is -2.01. The van der Waals surface area contributed by atoms with Gasteiger partial charge in [0.25, 0.3) is 0 Å². The van der Waals surface area contributed by atoms with Crippen molar-refractivity contribution in [2.75, 3.05) is 0 Å². The van der Waals surface area contributed by atoms with E-state index in [9.17, 15) is 9.59 Å². The van der Waals surface area contributed by atoms with E-state index >= 15 is 0 Å². The van der Waals surface area contributed by atoms with E-state index in [0.29, 0.717) is 0 Å². The summed E-state index contributed by atoms with van der Waals surface area (Å²) >= 11 is 0. The molecule has 0 unspecified atom stereocenters. The van der Waals surface area contributed by atoms with Gasteiger partial charge in [-0.05, 0) is 13.4 Å². The van der Waals surface area contributed by atoms with Crippen LogP contribution in [0, 0.1) is 0 Å². The van der Waals surface area contributed by atoms with Gasteiger partial charge in [0, 0.05) is 0 Å². The molecule has 9 nitrogen and oxygen atoms in total. The molecule has 82 valence electrons. The maximum absolute atomic E-state index is 9.36. The Morgan fingerprint density at radius 2 is 1.07 bits per heavy atom. The second-order valence-corrected chi connectivity index (χ2v) is 1.80. The van der Waals surface area contributed by atoms with Crippen molar-refractivity contribution in [2.45, 2.75) is 0 Å². The average molecular weight is 226 g/mol. The number of carbonyl (C=O) groups excluding carboxylic acids is 2. The van der Waals surface area contributed by atoms with Crippen LogP contribution in [0.3, 0.4) is 0 Å². The zero-order chi connectivity index (χ0) is 12.1. The standard InChI is InChI=1S/2C2H4N2O.H3O3P/c2*1-4-2(3)5;1-4(2)3/h2*1H2,(H2,3,5);1-3H. The fourth-order valence-corrected chi connectivity index (χ4v) is 0. The normalized spacial score (nSPS) is 7.14. The number of primary amides is 2. The first-order valence-electron chi connectivity index (χ1n) is 2.67. The van der Waals surface area contributed by atoms with Gasteiger partial charge in [-0.3, -0.25) is 0 Å². The first-order chi connectivity index (χ1) is 6.27. The first kappa shape index (κ1) is 18.4. The molecule has 14 heavy (non-hydrogen) atoms. The molecule has 4 amide bonds. The average Bonchev–Trinajstić information content (AvgIpc) is 2.04. The lowest BCUT2D eigenvalue weighted by molar-refractivity contribution is 0.256. The molecule has 0 aromatic carbocycles. The highest BCUT2D eigenvalue weighted by Crippen LogP contribution is 2.11. The van der Waals surface area contributed by atoms with E-state index in [1.165, 1.54) is 0 Å². The molecule has 10 heteroatoms. The lowest BCUT2D eigenvalue weighted by Gasteiger charge is -1.76. The number of aliphatic imine (C=N–C) groups is 2. The summed E-state index contributed by atoms with van der Waals surface area (Å²) in [5, 5.41) is 0. The van der Waals surface area contributed by atoms with Crippen LogP contribution in [-0.2, 0) is 0 Å². The molecule has 0 fully saturated rings. The molecule has 0 bridgehead atoms. The zero-order valence-electron chi connectivity index (χ0n) is 7.07. The van der Waals surface area contributed by atoms with E-state index in [1.54, 1.807) is 0 Å². The van der Waals surface area contributed by atoms with Crippen molar-refractivity contribution in [3.05, 3.63) is 0 Å². The Morgan fingerprint density at radius 3 is 1.07 bits per heavy atom. The minimum atomic E-state index is -2.62. The number of urea groups is 2. The molecule has 0 aliphatic heterocycles. The summed E-state index contributed by atoms with van der Waals surface area (Å²) in [6, 6.07) is -1.46. The van der Waals surface area contributed by atoms with Crippen LogP contribution in [0.2, 0.25) is 0 Å². The lowest BCUT2D eigenvalue weighted by atomic mass is 11.1. The molecule has 0 aromatic heterocycles. The topological polar surface area (TPSA) is 172 Å². The molecule has 7 N–H and O–H groups in total. The predicted octanol–water partition coefficient (Wildman–Crippen LogP) is -1.28. The van der Waals surface area contributed by atoms with Gasteiger partial charge in [-0.15, -0.1) is 0 Å². The summed E-state index contributed by atoms with van der Waals surface area (Å²) < 4.78 is 0. The number of hydrogen-bond acceptors (Lipinski definition) is 5. The highest BCUT2D eigenvalue weighted by atomic mass is 31.2. The van der Waals surface area contributed by atoms with E-state index in [4.69, 9.17) is 14.7 Å². The number of nitrogens with zero attached hydrogens (tertiary/aromatic N) is 2. The smallest absolute Gasteiger partial charge is 0.337 e. The van der Waals surface area contributed by atoms with Crippen LogP contribution in [-0.4, -0.2) is 40.2 Å². The maximum Gasteiger partial charge on any atom is 0.337 e. The third kappa shape index (κ3) is 145. The fourth-order valence-electron chi connectivity index (χ4n) is 0. The van der Waals surface area contributed by atoms with Crippen LogP contribution < -0.4 is 11.5 Å². The van der Waals surface area contributed by atoms with Gasteiger partial charge < -0.3 is 26.1 Å². The Kier molecular flexibility index (Phi) is 18.6. The summed E-state index contributed by atoms with van der Waals surface area (Å²) in [4.78, 5) is 46.0. The molecule has 0 aliphatic carbocycles. The molecular weight excluding hydrogens is 215 g/mol. The molecule has 0 atom stereocenters. The van der Waals surface area contributed by atoms with Crippen LogP contribution >= 0.6 is 8.60 Å². The monoisotopic (exact) mass is 226 g/mol. The van der Waals surface area contributed by atoms with Crippen molar-refractivity contribution in [3.8, 4) is 0 Å². The van der Waals surface area contributed by atoms with Gasteiger partial charge in [-0.1, -0.05) is 0 Å². The van der Waals surface area contributed by atoms with E-state index in [2.05, 4.69) is 34.9 Å². The van der Waals surface area contributed by atoms with Crippen molar-refractivity contribution in [1.82, 2.24) is 0 Å². The molecule has 0 aromatic rings. The molecule has 0 heterocycles. The van der Waals surface area contributed by atoms with Gasteiger partial charge in [0.15, 0.2) is 0 Å². The van der Waals surface area contributed by atoms with Gasteiger partial charge in [-0.2, -0.15) is 0 Å². The number of nitrogens with two attached hydrogens (primary N) is 2. The van der Waals surface area contributed by atoms with Crippen molar-refractivity contribution in [3.63, 3.8) is 0 Å². The predicted molar refractivity (Wildman–Crippen MR) is 51.8 cm³/mol. The number of rotatable bonds is 0. The van der Waals surface area contributed by atoms with E-state index < -0.39 is 20.7 Å². The van der Waals surface area contributed by atoms with Crippen LogP contribution in [0.15, 0.2) is 9.98 Å². The molecular formula is C4H11N4O5P. The fraction of sp³-hybridized carbons (Fsp3) is 0. The third-order valence-electron chi connectivity index (χ3n) is 0.312. The SMILES string of the molecule is C=NC(N)=O.C=NC(N)=O.OP(O)O. The van der Waals surface area contributed by atoms with Crippen LogP contribution in [0.1, 0.15) is 0 Å². The van der Waals surface area contributed by atoms with Gasteiger partial charge in [0.05, 0.1) is 0 Å². The molecule has 0 saturated heterocycles. The molecule has 0 saturated carbocycles. The van der Waals surface area contributed by atoms with Gasteiger partial charge in [-0.25, -0.2) is 19.6 Å². The van der Waals surface area contributed by atoms with Gasteiger partial charge in [0.1, 0.15) is 0 Å². The maximum atomic E-state index is 9.36. The van der Waals surface area contributed by atoms with Gasteiger partial charge >= 0.3 is 20.7 Å². The first-order valence-corrected chi connectivity index (χ1v) is 3.87. The van der Waals surface area contributed by atoms with Gasteiger partial charge in [0.2, 0.25) is 0 Å². The van der Waals surface area contributed by atoms with Crippen molar-refractivity contribution < 1.29 is 24.3 Å². The second-order valence-electron chi connectivity index (χ2n) is 1.26. The molecule has 0 rings (SSSR count).